The van der Waals surface area contributed by atoms with E-state index in [2.05, 4.69) is 11.6 Å². The van der Waals surface area contributed by atoms with Crippen molar-refractivity contribution in [3.05, 3.63) is 58.7 Å². The highest BCUT2D eigenvalue weighted by atomic mass is 16.5. The van der Waals surface area contributed by atoms with E-state index in [1.165, 1.54) is 0 Å². The summed E-state index contributed by atoms with van der Waals surface area (Å²) >= 11 is 0. The van der Waals surface area contributed by atoms with Crippen LogP contribution in [0.25, 0.3) is 0 Å². The Hall–Kier alpha value is -4.18. The van der Waals surface area contributed by atoms with Crippen molar-refractivity contribution in [1.82, 2.24) is 9.80 Å². The third kappa shape index (κ3) is 5.76. The Labute approximate surface area is 251 Å². The first-order chi connectivity index (χ1) is 20.8. The lowest BCUT2D eigenvalue weighted by Gasteiger charge is -2.33. The number of morpholine rings is 1. The molecule has 2 fully saturated rings. The number of fused-ring (bicyclic) bond motifs is 4. The Morgan fingerprint density at radius 1 is 0.953 bits per heavy atom. The van der Waals surface area contributed by atoms with E-state index in [4.69, 9.17) is 18.9 Å². The Bertz CT molecular complexity index is 1500. The van der Waals surface area contributed by atoms with Crippen LogP contribution in [0.4, 0.5) is 5.69 Å². The summed E-state index contributed by atoms with van der Waals surface area (Å²) in [5.41, 5.74) is 4.32. The number of ketones is 1. The Morgan fingerprint density at radius 3 is 2.51 bits per heavy atom. The second-order valence-electron chi connectivity index (χ2n) is 11.5. The van der Waals surface area contributed by atoms with Crippen molar-refractivity contribution in [1.29, 1.82) is 0 Å². The highest BCUT2D eigenvalue weighted by Gasteiger charge is 2.38. The van der Waals surface area contributed by atoms with Gasteiger partial charge in [0.05, 0.1) is 50.8 Å². The molecule has 43 heavy (non-hydrogen) atoms. The molecule has 0 aromatic heterocycles. The van der Waals surface area contributed by atoms with Gasteiger partial charge in [-0.1, -0.05) is 12.2 Å². The molecule has 0 spiro atoms. The van der Waals surface area contributed by atoms with Crippen molar-refractivity contribution < 1.29 is 33.3 Å². The normalized spacial score (nSPS) is 21.1. The molecule has 4 aliphatic rings. The predicted octanol–water partition coefficient (Wildman–Crippen LogP) is 4.08. The number of aliphatic imine (C=N–C) groups is 1. The molecule has 2 saturated heterocycles. The molecule has 0 unspecified atom stereocenters. The van der Waals surface area contributed by atoms with Gasteiger partial charge in [-0.05, 0) is 61.9 Å². The average molecular weight is 588 g/mol. The molecule has 2 amide bonds. The summed E-state index contributed by atoms with van der Waals surface area (Å²) in [5, 5.41) is 0. The van der Waals surface area contributed by atoms with E-state index >= 15 is 0 Å². The van der Waals surface area contributed by atoms with Crippen LogP contribution in [0.5, 0.6) is 17.2 Å². The molecule has 4 aliphatic heterocycles. The van der Waals surface area contributed by atoms with Gasteiger partial charge in [-0.15, -0.1) is 0 Å². The summed E-state index contributed by atoms with van der Waals surface area (Å²) < 4.78 is 23.1. The van der Waals surface area contributed by atoms with E-state index in [9.17, 15) is 14.4 Å². The second-order valence-corrected chi connectivity index (χ2v) is 11.5. The van der Waals surface area contributed by atoms with Crippen molar-refractivity contribution in [3.63, 3.8) is 0 Å². The largest absolute Gasteiger partial charge is 0.493 e. The fourth-order valence-electron chi connectivity index (χ4n) is 6.15. The maximum atomic E-state index is 13.2. The van der Waals surface area contributed by atoms with E-state index in [1.54, 1.807) is 24.1 Å². The molecular formula is C33H37N3O7. The van der Waals surface area contributed by atoms with E-state index in [1.807, 2.05) is 30.2 Å². The van der Waals surface area contributed by atoms with Crippen molar-refractivity contribution in [2.75, 3.05) is 46.6 Å². The number of carbonyl (C=O) groups excluding carboxylic acids is 3. The fraction of sp³-hybridized carbons (Fsp3) is 0.455. The van der Waals surface area contributed by atoms with Gasteiger partial charge < -0.3 is 28.7 Å². The number of rotatable bonds is 9. The van der Waals surface area contributed by atoms with Gasteiger partial charge in [0.25, 0.3) is 11.8 Å². The number of unbranched alkanes of at least 4 members (excludes halogenated alkanes) is 2. The van der Waals surface area contributed by atoms with Gasteiger partial charge in [-0.25, -0.2) is 0 Å². The number of hydrogen-bond donors (Lipinski definition) is 0. The van der Waals surface area contributed by atoms with Crippen LogP contribution in [0.1, 0.15) is 57.5 Å². The molecular weight excluding hydrogens is 550 g/mol. The summed E-state index contributed by atoms with van der Waals surface area (Å²) in [6.07, 6.45) is 5.24. The van der Waals surface area contributed by atoms with Crippen LogP contribution in [0.3, 0.4) is 0 Å². The first-order valence-electron chi connectivity index (χ1n) is 14.9. The smallest absolute Gasteiger partial charge is 0.256 e. The minimum absolute atomic E-state index is 0.0134. The number of ether oxygens (including phenoxy) is 4. The lowest BCUT2D eigenvalue weighted by atomic mass is 10.0. The Morgan fingerprint density at radius 2 is 1.72 bits per heavy atom. The SMILES string of the molecule is C=C1C[C@H]2C=Nc3cc(OCCCCCOc4cc5c(cc4OC)C(=O)N4CCOC[C@H]4C(=O)C5)c(C)cc3C(=O)N2C1. The molecule has 0 bridgehead atoms. The van der Waals surface area contributed by atoms with Gasteiger partial charge in [0.2, 0.25) is 0 Å². The topological polar surface area (TPSA) is 107 Å². The number of Topliss-reactive ketones (excluding diaryl/α,β-unsaturated/α-hetero) is 1. The molecule has 2 aromatic rings. The predicted molar refractivity (Wildman–Crippen MR) is 160 cm³/mol. The minimum atomic E-state index is -0.547. The zero-order valence-electron chi connectivity index (χ0n) is 24.7. The average Bonchev–Trinajstić information content (AvgIpc) is 3.29. The lowest BCUT2D eigenvalue weighted by molar-refractivity contribution is -0.127. The van der Waals surface area contributed by atoms with Gasteiger partial charge in [0.15, 0.2) is 17.3 Å². The van der Waals surface area contributed by atoms with Crippen LogP contribution < -0.4 is 14.2 Å². The van der Waals surface area contributed by atoms with Gasteiger partial charge in [-0.3, -0.25) is 19.4 Å². The number of methoxy groups -OCH3 is 1. The Balaban J connectivity index is 1.01. The number of benzene rings is 2. The van der Waals surface area contributed by atoms with E-state index in [0.29, 0.717) is 66.8 Å². The molecule has 10 nitrogen and oxygen atoms in total. The molecule has 0 radical (unpaired) electrons. The highest BCUT2D eigenvalue weighted by molar-refractivity contribution is 6.04. The van der Waals surface area contributed by atoms with Crippen molar-refractivity contribution in [3.8, 4) is 17.2 Å². The molecule has 0 aliphatic carbocycles. The Kier molecular flexibility index (Phi) is 8.21. The number of nitrogens with zero attached hydrogens (tertiary/aromatic N) is 3. The summed E-state index contributed by atoms with van der Waals surface area (Å²) in [4.78, 5) is 47.2. The quantitative estimate of drug-likeness (QED) is 0.321. The molecule has 2 atom stereocenters. The van der Waals surface area contributed by atoms with Crippen LogP contribution in [0, 0.1) is 6.92 Å². The van der Waals surface area contributed by atoms with Crippen LogP contribution >= 0.6 is 0 Å². The van der Waals surface area contributed by atoms with Gasteiger partial charge in [-0.2, -0.15) is 0 Å². The fourth-order valence-corrected chi connectivity index (χ4v) is 6.15. The molecule has 0 N–H and O–H groups in total. The maximum Gasteiger partial charge on any atom is 0.256 e. The minimum Gasteiger partial charge on any atom is -0.493 e. The summed E-state index contributed by atoms with van der Waals surface area (Å²) in [5.74, 6) is 1.51. The van der Waals surface area contributed by atoms with Crippen LogP contribution in [0.2, 0.25) is 0 Å². The van der Waals surface area contributed by atoms with Gasteiger partial charge >= 0.3 is 0 Å². The molecule has 2 aromatic carbocycles. The second kappa shape index (κ2) is 12.2. The first kappa shape index (κ1) is 28.9. The zero-order valence-corrected chi connectivity index (χ0v) is 24.7. The molecule has 4 heterocycles. The zero-order chi connectivity index (χ0) is 30.1. The third-order valence-corrected chi connectivity index (χ3v) is 8.51. The van der Waals surface area contributed by atoms with E-state index < -0.39 is 6.04 Å². The van der Waals surface area contributed by atoms with Gasteiger partial charge in [0.1, 0.15) is 11.8 Å². The standard InChI is InChI=1S/C33H37N3O7/c1-20-11-23-17-34-26-16-29(21(2)12-25(26)33(39)36(23)18-20)42-8-5-4-6-9-43-31-14-22-13-28(37)27-19-41-10-7-35(27)32(38)24(22)15-30(31)40-3/h12,14-17,23,27H,1,4-11,13,18-19H2,2-3H3/t23-,27-/m0/s1. The van der Waals surface area contributed by atoms with Crippen molar-refractivity contribution in [2.45, 2.75) is 51.1 Å². The molecule has 226 valence electrons. The lowest BCUT2D eigenvalue weighted by Crippen LogP contribution is -2.51. The summed E-state index contributed by atoms with van der Waals surface area (Å²) in [6.45, 7) is 8.59. The first-order valence-corrected chi connectivity index (χ1v) is 14.9. The maximum absolute atomic E-state index is 13.2. The monoisotopic (exact) mass is 587 g/mol. The molecule has 0 saturated carbocycles. The van der Waals surface area contributed by atoms with Gasteiger partial charge in [0, 0.05) is 37.4 Å². The van der Waals surface area contributed by atoms with Crippen LogP contribution in [0.15, 0.2) is 41.4 Å². The number of carbonyl (C=O) groups is 3. The third-order valence-electron chi connectivity index (χ3n) is 8.51. The molecule has 6 rings (SSSR count). The number of aryl methyl sites for hydroxylation is 1. The summed E-state index contributed by atoms with van der Waals surface area (Å²) in [6, 6.07) is 6.60. The highest BCUT2D eigenvalue weighted by Crippen LogP contribution is 2.36. The number of hydrogen-bond acceptors (Lipinski definition) is 8. The number of amides is 2. The summed E-state index contributed by atoms with van der Waals surface area (Å²) in [7, 11) is 1.54. The van der Waals surface area contributed by atoms with Crippen LogP contribution in [-0.2, 0) is 16.0 Å². The van der Waals surface area contributed by atoms with E-state index in [-0.39, 0.29) is 36.7 Å². The molecule has 10 heteroatoms. The van der Waals surface area contributed by atoms with Crippen molar-refractivity contribution in [2.24, 2.45) is 4.99 Å². The van der Waals surface area contributed by atoms with Crippen molar-refractivity contribution >= 4 is 29.5 Å². The van der Waals surface area contributed by atoms with E-state index in [0.717, 1.165) is 42.6 Å². The van der Waals surface area contributed by atoms with Crippen LogP contribution in [-0.4, -0.2) is 92.3 Å².